The number of rotatable bonds is 0. The van der Waals surface area contributed by atoms with Gasteiger partial charge in [0.2, 0.25) is 0 Å². The van der Waals surface area contributed by atoms with Crippen LogP contribution in [-0.2, 0) is 14.3 Å². The summed E-state index contributed by atoms with van der Waals surface area (Å²) in [5.41, 5.74) is 5.89. The van der Waals surface area contributed by atoms with Crippen molar-refractivity contribution in [2.75, 3.05) is 18.9 Å². The molecular weight excluding hydrogens is 298 g/mol. The van der Waals surface area contributed by atoms with E-state index in [9.17, 15) is 0 Å². The second kappa shape index (κ2) is 8.71. The fraction of sp³-hybridized carbons (Fsp3) is 0.500. The molecule has 0 aliphatic carbocycles. The van der Waals surface area contributed by atoms with Gasteiger partial charge in [-0.15, -0.1) is 0 Å². The predicted molar refractivity (Wildman–Crippen MR) is 79.6 cm³/mol. The van der Waals surface area contributed by atoms with Crippen LogP contribution in [0.5, 0.6) is 5.75 Å². The van der Waals surface area contributed by atoms with E-state index in [0.717, 1.165) is 33.0 Å². The Morgan fingerprint density at radius 2 is 1.76 bits per heavy atom. The van der Waals surface area contributed by atoms with Crippen molar-refractivity contribution in [1.82, 2.24) is 0 Å². The molecular formula is C14H20ClNO5. The standard InChI is InChI=1S/C6H6ClNO.C6H10O2.C2H4O2/c7-5-3-4(8)1-2-6(5)9;1-3-7-6-2-4-8-5(1)6;1-2(3)4/h1-3,9H,8H2;5-6H,1-4H2;1H3,(H,3,4)/t;5-,6-;/m.1./s1. The van der Waals surface area contributed by atoms with Crippen molar-refractivity contribution >= 4 is 23.3 Å². The molecule has 2 fully saturated rings. The normalized spacial score (nSPS) is 22.4. The van der Waals surface area contributed by atoms with Gasteiger partial charge in [0.05, 0.1) is 17.2 Å². The van der Waals surface area contributed by atoms with Gasteiger partial charge in [0.15, 0.2) is 0 Å². The number of carboxylic acids is 1. The summed E-state index contributed by atoms with van der Waals surface area (Å²) in [6, 6.07) is 4.54. The number of hydrogen-bond acceptors (Lipinski definition) is 5. The number of fused-ring (bicyclic) bond motifs is 1. The number of phenolic OH excluding ortho intramolecular Hbond substituents is 1. The highest BCUT2D eigenvalue weighted by atomic mass is 35.5. The molecule has 2 aliphatic rings. The average molecular weight is 318 g/mol. The Labute approximate surface area is 128 Å². The Hall–Kier alpha value is -1.50. The zero-order valence-electron chi connectivity index (χ0n) is 11.8. The van der Waals surface area contributed by atoms with E-state index in [-0.39, 0.29) is 10.8 Å². The molecule has 0 bridgehead atoms. The molecule has 0 amide bonds. The van der Waals surface area contributed by atoms with Gasteiger partial charge in [-0.3, -0.25) is 4.79 Å². The van der Waals surface area contributed by atoms with E-state index in [2.05, 4.69) is 0 Å². The molecule has 4 N–H and O–H groups in total. The minimum atomic E-state index is -0.833. The third kappa shape index (κ3) is 6.66. The second-order valence-corrected chi connectivity index (χ2v) is 5.03. The number of anilines is 1. The summed E-state index contributed by atoms with van der Waals surface area (Å²) >= 11 is 5.48. The van der Waals surface area contributed by atoms with Crippen molar-refractivity contribution in [2.45, 2.75) is 32.0 Å². The van der Waals surface area contributed by atoms with Crippen LogP contribution in [0, 0.1) is 0 Å². The van der Waals surface area contributed by atoms with Crippen LogP contribution in [0.4, 0.5) is 5.69 Å². The van der Waals surface area contributed by atoms with Crippen LogP contribution in [0.3, 0.4) is 0 Å². The maximum absolute atomic E-state index is 9.00. The lowest BCUT2D eigenvalue weighted by molar-refractivity contribution is -0.134. The number of hydrogen-bond donors (Lipinski definition) is 3. The first kappa shape index (κ1) is 17.6. The van der Waals surface area contributed by atoms with Crippen molar-refractivity contribution in [3.63, 3.8) is 0 Å². The van der Waals surface area contributed by atoms with Crippen LogP contribution >= 0.6 is 11.6 Å². The molecule has 2 atom stereocenters. The van der Waals surface area contributed by atoms with E-state index in [1.54, 1.807) is 6.07 Å². The molecule has 2 saturated heterocycles. The molecule has 21 heavy (non-hydrogen) atoms. The Bertz CT molecular complexity index is 445. The molecule has 0 aromatic heterocycles. The molecule has 6 nitrogen and oxygen atoms in total. The number of carbonyl (C=O) groups is 1. The highest BCUT2D eigenvalue weighted by molar-refractivity contribution is 6.32. The summed E-state index contributed by atoms with van der Waals surface area (Å²) in [7, 11) is 0. The fourth-order valence-electron chi connectivity index (χ4n) is 1.95. The molecule has 2 heterocycles. The number of aliphatic carboxylic acids is 1. The second-order valence-electron chi connectivity index (χ2n) is 4.63. The van der Waals surface area contributed by atoms with E-state index < -0.39 is 5.97 Å². The van der Waals surface area contributed by atoms with Crippen LogP contribution in [-0.4, -0.2) is 41.6 Å². The highest BCUT2D eigenvalue weighted by Crippen LogP contribution is 2.25. The SMILES string of the molecule is C1C[C@H]2OCC[C@H]2O1.CC(=O)O.Nc1ccc(O)c(Cl)c1. The molecule has 2 aliphatic heterocycles. The van der Waals surface area contributed by atoms with Gasteiger partial charge in [0.25, 0.3) is 5.97 Å². The minimum Gasteiger partial charge on any atom is -0.506 e. The Balaban J connectivity index is 0.000000170. The lowest BCUT2D eigenvalue weighted by Gasteiger charge is -2.03. The Kier molecular flexibility index (Phi) is 7.28. The zero-order valence-corrected chi connectivity index (χ0v) is 12.5. The van der Waals surface area contributed by atoms with Gasteiger partial charge >= 0.3 is 0 Å². The molecule has 0 saturated carbocycles. The molecule has 0 radical (unpaired) electrons. The van der Waals surface area contributed by atoms with Gasteiger partial charge in [-0.1, -0.05) is 11.6 Å². The molecule has 0 spiro atoms. The van der Waals surface area contributed by atoms with E-state index >= 15 is 0 Å². The summed E-state index contributed by atoms with van der Waals surface area (Å²) in [5, 5.41) is 16.6. The summed E-state index contributed by atoms with van der Waals surface area (Å²) in [6.45, 7) is 2.91. The van der Waals surface area contributed by atoms with E-state index in [4.69, 9.17) is 41.8 Å². The van der Waals surface area contributed by atoms with Gasteiger partial charge < -0.3 is 25.4 Å². The highest BCUT2D eigenvalue weighted by Gasteiger charge is 2.33. The van der Waals surface area contributed by atoms with Gasteiger partial charge in [0, 0.05) is 25.8 Å². The predicted octanol–water partition coefficient (Wildman–Crippen LogP) is 2.28. The van der Waals surface area contributed by atoms with Gasteiger partial charge in [0.1, 0.15) is 5.75 Å². The first-order chi connectivity index (χ1) is 9.90. The number of carboxylic acid groups (broad SMARTS) is 1. The maximum atomic E-state index is 9.00. The van der Waals surface area contributed by atoms with Crippen LogP contribution in [0.1, 0.15) is 19.8 Å². The summed E-state index contributed by atoms with van der Waals surface area (Å²) in [5.74, 6) is -0.772. The first-order valence-corrected chi connectivity index (χ1v) is 6.94. The topological polar surface area (TPSA) is 102 Å². The van der Waals surface area contributed by atoms with Crippen LogP contribution < -0.4 is 5.73 Å². The third-order valence-electron chi connectivity index (χ3n) is 2.86. The fourth-order valence-corrected chi connectivity index (χ4v) is 2.14. The summed E-state index contributed by atoms with van der Waals surface area (Å²) in [6.07, 6.45) is 3.14. The number of benzene rings is 1. The number of phenols is 1. The van der Waals surface area contributed by atoms with Crippen molar-refractivity contribution in [3.8, 4) is 5.75 Å². The maximum Gasteiger partial charge on any atom is 0.300 e. The molecule has 3 rings (SSSR count). The Morgan fingerprint density at radius 3 is 2.14 bits per heavy atom. The smallest absolute Gasteiger partial charge is 0.300 e. The van der Waals surface area contributed by atoms with Crippen LogP contribution in [0.15, 0.2) is 18.2 Å². The number of halogens is 1. The largest absolute Gasteiger partial charge is 0.506 e. The lowest BCUT2D eigenvalue weighted by atomic mass is 10.2. The van der Waals surface area contributed by atoms with E-state index in [1.807, 2.05) is 0 Å². The quantitative estimate of drug-likeness (QED) is 0.501. The molecule has 0 unspecified atom stereocenters. The molecule has 1 aromatic rings. The van der Waals surface area contributed by atoms with Crippen molar-refractivity contribution < 1.29 is 24.5 Å². The summed E-state index contributed by atoms with van der Waals surface area (Å²) in [4.78, 5) is 9.00. The van der Waals surface area contributed by atoms with E-state index in [1.165, 1.54) is 12.1 Å². The van der Waals surface area contributed by atoms with E-state index in [0.29, 0.717) is 17.9 Å². The Morgan fingerprint density at radius 1 is 1.29 bits per heavy atom. The van der Waals surface area contributed by atoms with Crippen LogP contribution in [0.2, 0.25) is 5.02 Å². The summed E-state index contributed by atoms with van der Waals surface area (Å²) < 4.78 is 10.7. The number of nitrogens with two attached hydrogens (primary N) is 1. The van der Waals surface area contributed by atoms with Crippen molar-refractivity contribution in [1.29, 1.82) is 0 Å². The number of ether oxygens (including phenoxy) is 2. The molecule has 118 valence electrons. The first-order valence-electron chi connectivity index (χ1n) is 6.57. The van der Waals surface area contributed by atoms with Gasteiger partial charge in [-0.2, -0.15) is 0 Å². The third-order valence-corrected chi connectivity index (χ3v) is 3.16. The van der Waals surface area contributed by atoms with Crippen LogP contribution in [0.25, 0.3) is 0 Å². The van der Waals surface area contributed by atoms with Gasteiger partial charge in [-0.05, 0) is 31.0 Å². The number of aromatic hydroxyl groups is 1. The monoisotopic (exact) mass is 317 g/mol. The van der Waals surface area contributed by atoms with Gasteiger partial charge in [-0.25, -0.2) is 0 Å². The molecule has 1 aromatic carbocycles. The average Bonchev–Trinajstić information content (AvgIpc) is 2.97. The number of nitrogen functional groups attached to an aromatic ring is 1. The molecule has 7 heteroatoms. The lowest BCUT2D eigenvalue weighted by Crippen LogP contribution is -2.13. The van der Waals surface area contributed by atoms with Crippen molar-refractivity contribution in [3.05, 3.63) is 23.2 Å². The van der Waals surface area contributed by atoms with Crippen molar-refractivity contribution in [2.24, 2.45) is 0 Å². The zero-order chi connectivity index (χ0) is 15.8. The minimum absolute atomic E-state index is 0.0610.